The monoisotopic (exact) mass is 299 g/mol. The Morgan fingerprint density at radius 3 is 2.40 bits per heavy atom. The number of nitrogens with zero attached hydrogens (tertiary/aromatic N) is 3. The van der Waals surface area contributed by atoms with E-state index in [2.05, 4.69) is 0 Å². The minimum atomic E-state index is -3.20. The van der Waals surface area contributed by atoms with Crippen LogP contribution in [0, 0.1) is 0 Å². The number of carbonyl (C=O) groups excluding carboxylic acids is 1. The van der Waals surface area contributed by atoms with Gasteiger partial charge in [0.05, 0.1) is 6.26 Å². The third-order valence-corrected chi connectivity index (χ3v) is 4.57. The predicted octanol–water partition coefficient (Wildman–Crippen LogP) is -1.05. The molecule has 1 amide bonds. The summed E-state index contributed by atoms with van der Waals surface area (Å²) in [6.07, 6.45) is 2.72. The van der Waals surface area contributed by atoms with Gasteiger partial charge >= 0.3 is 0 Å². The Morgan fingerprint density at radius 1 is 1.20 bits per heavy atom. The largest absolute Gasteiger partial charge is 0.339 e. The molecule has 110 valence electrons. The second kappa shape index (κ2) is 5.76. The molecule has 1 aliphatic rings. The fourth-order valence-corrected chi connectivity index (χ4v) is 2.93. The molecule has 0 saturated carbocycles. The maximum absolute atomic E-state index is 12.1. The molecule has 0 aliphatic carbocycles. The predicted molar refractivity (Wildman–Crippen MR) is 73.7 cm³/mol. The summed E-state index contributed by atoms with van der Waals surface area (Å²) in [6.45, 7) is 1.29. The van der Waals surface area contributed by atoms with Gasteiger partial charge in [-0.3, -0.25) is 9.59 Å². The Morgan fingerprint density at radius 2 is 1.85 bits per heavy atom. The van der Waals surface area contributed by atoms with Crippen molar-refractivity contribution in [2.45, 2.75) is 6.54 Å². The Labute approximate surface area is 117 Å². The summed E-state index contributed by atoms with van der Waals surface area (Å²) in [6, 6.07) is 4.71. The molecule has 0 N–H and O–H groups in total. The van der Waals surface area contributed by atoms with Gasteiger partial charge in [0.1, 0.15) is 6.54 Å². The van der Waals surface area contributed by atoms with Crippen LogP contribution in [0.15, 0.2) is 29.2 Å². The number of carbonyl (C=O) groups is 1. The lowest BCUT2D eigenvalue weighted by molar-refractivity contribution is -0.133. The van der Waals surface area contributed by atoms with Gasteiger partial charge in [-0.1, -0.05) is 6.07 Å². The molecule has 0 spiro atoms. The number of hydrogen-bond acceptors (Lipinski definition) is 4. The zero-order valence-corrected chi connectivity index (χ0v) is 12.0. The molecular weight excluding hydrogens is 282 g/mol. The van der Waals surface area contributed by atoms with E-state index in [1.54, 1.807) is 23.2 Å². The summed E-state index contributed by atoms with van der Waals surface area (Å²) in [5.74, 6) is -0.175. The van der Waals surface area contributed by atoms with Crippen LogP contribution in [0.4, 0.5) is 0 Å². The number of hydrogen-bond donors (Lipinski definition) is 0. The van der Waals surface area contributed by atoms with Crippen LogP contribution in [0.1, 0.15) is 0 Å². The molecule has 7 nitrogen and oxygen atoms in total. The molecule has 20 heavy (non-hydrogen) atoms. The number of amides is 1. The second-order valence-electron chi connectivity index (χ2n) is 4.71. The van der Waals surface area contributed by atoms with Crippen LogP contribution < -0.4 is 5.56 Å². The first-order valence-corrected chi connectivity index (χ1v) is 8.11. The van der Waals surface area contributed by atoms with Crippen molar-refractivity contribution in [2.24, 2.45) is 0 Å². The first kappa shape index (κ1) is 14.7. The molecule has 0 atom stereocenters. The summed E-state index contributed by atoms with van der Waals surface area (Å²) in [7, 11) is -3.20. The van der Waals surface area contributed by atoms with Crippen molar-refractivity contribution in [3.63, 3.8) is 0 Å². The molecule has 8 heteroatoms. The summed E-state index contributed by atoms with van der Waals surface area (Å²) >= 11 is 0. The van der Waals surface area contributed by atoms with Crippen LogP contribution in [-0.2, 0) is 21.4 Å². The van der Waals surface area contributed by atoms with Crippen LogP contribution in [0.25, 0.3) is 0 Å². The van der Waals surface area contributed by atoms with Crippen LogP contribution in [-0.4, -0.2) is 60.5 Å². The molecule has 0 unspecified atom stereocenters. The zero-order chi connectivity index (χ0) is 14.8. The van der Waals surface area contributed by atoms with E-state index in [1.807, 2.05) is 0 Å². The molecule has 2 rings (SSSR count). The van der Waals surface area contributed by atoms with Gasteiger partial charge in [-0.15, -0.1) is 0 Å². The van der Waals surface area contributed by atoms with Gasteiger partial charge in [0, 0.05) is 38.4 Å². The number of piperazine rings is 1. The highest BCUT2D eigenvalue weighted by atomic mass is 32.2. The molecule has 1 fully saturated rings. The van der Waals surface area contributed by atoms with E-state index in [4.69, 9.17) is 0 Å². The van der Waals surface area contributed by atoms with E-state index in [0.29, 0.717) is 26.2 Å². The Bertz CT molecular complexity index is 645. The van der Waals surface area contributed by atoms with Crippen molar-refractivity contribution < 1.29 is 13.2 Å². The first-order chi connectivity index (χ1) is 9.38. The minimum Gasteiger partial charge on any atom is -0.339 e. The van der Waals surface area contributed by atoms with Gasteiger partial charge in [-0.05, 0) is 6.07 Å². The fraction of sp³-hybridized carbons (Fsp3) is 0.500. The van der Waals surface area contributed by atoms with Crippen LogP contribution >= 0.6 is 0 Å². The van der Waals surface area contributed by atoms with Crippen molar-refractivity contribution >= 4 is 15.9 Å². The quantitative estimate of drug-likeness (QED) is 0.713. The van der Waals surface area contributed by atoms with E-state index in [-0.39, 0.29) is 18.0 Å². The lowest BCUT2D eigenvalue weighted by atomic mass is 10.3. The lowest BCUT2D eigenvalue weighted by Gasteiger charge is -2.33. The Hall–Kier alpha value is -1.67. The third-order valence-electron chi connectivity index (χ3n) is 3.26. The first-order valence-electron chi connectivity index (χ1n) is 6.26. The molecular formula is C12H17N3O4S. The Balaban J connectivity index is 1.96. The van der Waals surface area contributed by atoms with Gasteiger partial charge in [-0.25, -0.2) is 8.42 Å². The minimum absolute atomic E-state index is 0.0153. The van der Waals surface area contributed by atoms with Gasteiger partial charge in [0.15, 0.2) is 0 Å². The number of rotatable bonds is 3. The van der Waals surface area contributed by atoms with Gasteiger partial charge in [-0.2, -0.15) is 4.31 Å². The molecule has 1 saturated heterocycles. The summed E-state index contributed by atoms with van der Waals surface area (Å²) in [5, 5.41) is 0. The number of aromatic nitrogens is 1. The average Bonchev–Trinajstić information content (AvgIpc) is 2.40. The molecule has 0 bridgehead atoms. The smallest absolute Gasteiger partial charge is 0.250 e. The molecule has 1 aliphatic heterocycles. The van der Waals surface area contributed by atoms with E-state index in [1.165, 1.54) is 14.9 Å². The van der Waals surface area contributed by atoms with Gasteiger partial charge in [0.2, 0.25) is 15.9 Å². The second-order valence-corrected chi connectivity index (χ2v) is 6.69. The normalized spacial score (nSPS) is 17.1. The highest BCUT2D eigenvalue weighted by molar-refractivity contribution is 7.88. The van der Waals surface area contributed by atoms with Crippen molar-refractivity contribution in [1.29, 1.82) is 0 Å². The van der Waals surface area contributed by atoms with Crippen molar-refractivity contribution in [2.75, 3.05) is 32.4 Å². The van der Waals surface area contributed by atoms with E-state index < -0.39 is 10.0 Å². The lowest BCUT2D eigenvalue weighted by Crippen LogP contribution is -2.51. The Kier molecular flexibility index (Phi) is 4.24. The van der Waals surface area contributed by atoms with E-state index in [0.717, 1.165) is 6.26 Å². The van der Waals surface area contributed by atoms with E-state index >= 15 is 0 Å². The van der Waals surface area contributed by atoms with Crippen LogP contribution in [0.2, 0.25) is 0 Å². The maximum atomic E-state index is 12.1. The average molecular weight is 299 g/mol. The summed E-state index contributed by atoms with van der Waals surface area (Å²) in [5.41, 5.74) is -0.226. The van der Waals surface area contributed by atoms with Crippen LogP contribution in [0.3, 0.4) is 0 Å². The van der Waals surface area contributed by atoms with Gasteiger partial charge in [0.25, 0.3) is 5.56 Å². The van der Waals surface area contributed by atoms with Crippen molar-refractivity contribution in [3.8, 4) is 0 Å². The number of pyridine rings is 1. The van der Waals surface area contributed by atoms with Crippen molar-refractivity contribution in [3.05, 3.63) is 34.7 Å². The maximum Gasteiger partial charge on any atom is 0.250 e. The molecule has 1 aromatic heterocycles. The van der Waals surface area contributed by atoms with Crippen LogP contribution in [0.5, 0.6) is 0 Å². The third kappa shape index (κ3) is 3.45. The standard InChI is InChI=1S/C12H17N3O4S/c1-20(18,19)15-8-6-13(7-9-15)12(17)10-14-5-3-2-4-11(14)16/h2-5H,6-10H2,1H3. The number of sulfonamides is 1. The highest BCUT2D eigenvalue weighted by Crippen LogP contribution is 2.06. The summed E-state index contributed by atoms with van der Waals surface area (Å²) in [4.78, 5) is 25.2. The topological polar surface area (TPSA) is 79.7 Å². The summed E-state index contributed by atoms with van der Waals surface area (Å²) < 4.78 is 25.4. The highest BCUT2D eigenvalue weighted by Gasteiger charge is 2.25. The van der Waals surface area contributed by atoms with E-state index in [9.17, 15) is 18.0 Å². The molecule has 0 aromatic carbocycles. The molecule has 1 aromatic rings. The van der Waals surface area contributed by atoms with Gasteiger partial charge < -0.3 is 9.47 Å². The zero-order valence-electron chi connectivity index (χ0n) is 11.2. The molecule has 0 radical (unpaired) electrons. The molecule has 2 heterocycles. The SMILES string of the molecule is CS(=O)(=O)N1CCN(C(=O)Cn2ccccc2=O)CC1. The van der Waals surface area contributed by atoms with Crippen molar-refractivity contribution in [1.82, 2.24) is 13.8 Å². The fourth-order valence-electron chi connectivity index (χ4n) is 2.11.